The number of hydrogen-bond acceptors (Lipinski definition) is 5. The van der Waals surface area contributed by atoms with Gasteiger partial charge in [-0.3, -0.25) is 19.7 Å². The fourth-order valence-electron chi connectivity index (χ4n) is 1.89. The van der Waals surface area contributed by atoms with Gasteiger partial charge in [0, 0.05) is 24.9 Å². The number of benzene rings is 1. The second-order valence-electron chi connectivity index (χ2n) is 4.63. The highest BCUT2D eigenvalue weighted by Gasteiger charge is 2.09. The van der Waals surface area contributed by atoms with Crippen LogP contribution in [-0.2, 0) is 11.3 Å². The zero-order valence-corrected chi connectivity index (χ0v) is 12.4. The van der Waals surface area contributed by atoms with Crippen LogP contribution in [0.15, 0.2) is 47.4 Å². The monoisotopic (exact) mass is 317 g/mol. The zero-order chi connectivity index (χ0) is 16.8. The van der Waals surface area contributed by atoms with E-state index in [1.807, 2.05) is 6.92 Å². The van der Waals surface area contributed by atoms with Crippen molar-refractivity contribution in [3.8, 4) is 5.75 Å². The zero-order valence-electron chi connectivity index (χ0n) is 12.4. The minimum atomic E-state index is -0.541. The SMILES string of the molecule is CCn1cc(NC(=O)COc2cccc([N+](=O)[O-])c2)ccc1=O. The summed E-state index contributed by atoms with van der Waals surface area (Å²) < 4.78 is 6.68. The number of carbonyl (C=O) groups excluding carboxylic acids is 1. The van der Waals surface area contributed by atoms with Crippen LogP contribution in [0.3, 0.4) is 0 Å². The fraction of sp³-hybridized carbons (Fsp3) is 0.200. The van der Waals surface area contributed by atoms with Gasteiger partial charge in [-0.25, -0.2) is 0 Å². The van der Waals surface area contributed by atoms with Crippen LogP contribution in [0.4, 0.5) is 11.4 Å². The summed E-state index contributed by atoms with van der Waals surface area (Å²) in [6.07, 6.45) is 1.54. The Morgan fingerprint density at radius 3 is 2.83 bits per heavy atom. The number of non-ortho nitro benzene ring substituents is 1. The maximum absolute atomic E-state index is 11.8. The molecule has 0 saturated heterocycles. The van der Waals surface area contributed by atoms with E-state index in [1.54, 1.807) is 0 Å². The average molecular weight is 317 g/mol. The number of ether oxygens (including phenoxy) is 1. The second kappa shape index (κ2) is 7.21. The molecule has 2 rings (SSSR count). The van der Waals surface area contributed by atoms with Gasteiger partial charge in [-0.1, -0.05) is 6.07 Å². The molecule has 1 amide bonds. The Morgan fingerprint density at radius 2 is 2.13 bits per heavy atom. The summed E-state index contributed by atoms with van der Waals surface area (Å²) in [5.74, 6) is -0.203. The Kier molecular flexibility index (Phi) is 5.08. The summed E-state index contributed by atoms with van der Waals surface area (Å²) in [6, 6.07) is 8.44. The van der Waals surface area contributed by atoms with Crippen LogP contribution in [0.5, 0.6) is 5.75 Å². The highest BCUT2D eigenvalue weighted by atomic mass is 16.6. The number of aryl methyl sites for hydroxylation is 1. The van der Waals surface area contributed by atoms with Gasteiger partial charge in [-0.2, -0.15) is 0 Å². The third-order valence-corrected chi connectivity index (χ3v) is 3.01. The number of rotatable bonds is 6. The first kappa shape index (κ1) is 16.2. The molecule has 1 aromatic carbocycles. The third-order valence-electron chi connectivity index (χ3n) is 3.01. The van der Waals surface area contributed by atoms with Crippen LogP contribution < -0.4 is 15.6 Å². The van der Waals surface area contributed by atoms with Crippen LogP contribution in [-0.4, -0.2) is 22.0 Å². The first-order chi connectivity index (χ1) is 11.0. The molecule has 0 unspecified atom stereocenters. The quantitative estimate of drug-likeness (QED) is 0.646. The topological polar surface area (TPSA) is 103 Å². The van der Waals surface area contributed by atoms with Gasteiger partial charge < -0.3 is 14.6 Å². The molecular formula is C15H15N3O5. The van der Waals surface area contributed by atoms with Crippen LogP contribution >= 0.6 is 0 Å². The Morgan fingerprint density at radius 1 is 1.35 bits per heavy atom. The fourth-order valence-corrected chi connectivity index (χ4v) is 1.89. The van der Waals surface area contributed by atoms with Gasteiger partial charge in [0.1, 0.15) is 5.75 Å². The highest BCUT2D eigenvalue weighted by molar-refractivity contribution is 5.91. The maximum Gasteiger partial charge on any atom is 0.273 e. The van der Waals surface area contributed by atoms with E-state index in [2.05, 4.69) is 5.32 Å². The van der Waals surface area contributed by atoms with Crippen molar-refractivity contribution in [1.29, 1.82) is 0 Å². The molecule has 8 heteroatoms. The molecule has 1 heterocycles. The molecule has 0 bridgehead atoms. The summed E-state index contributed by atoms with van der Waals surface area (Å²) in [7, 11) is 0. The number of nitrogens with one attached hydrogen (secondary N) is 1. The third kappa shape index (κ3) is 4.40. The molecule has 0 radical (unpaired) electrons. The number of pyridine rings is 1. The smallest absolute Gasteiger partial charge is 0.273 e. The number of nitrogens with zero attached hydrogens (tertiary/aromatic N) is 2. The van der Waals surface area contributed by atoms with Crippen molar-refractivity contribution in [2.45, 2.75) is 13.5 Å². The van der Waals surface area contributed by atoms with Crippen molar-refractivity contribution >= 4 is 17.3 Å². The van der Waals surface area contributed by atoms with Crippen molar-refractivity contribution in [3.63, 3.8) is 0 Å². The van der Waals surface area contributed by atoms with Gasteiger partial charge in [0.05, 0.1) is 16.7 Å². The molecule has 0 aliphatic carbocycles. The van der Waals surface area contributed by atoms with Crippen molar-refractivity contribution in [3.05, 3.63) is 63.1 Å². The van der Waals surface area contributed by atoms with E-state index in [9.17, 15) is 19.7 Å². The van der Waals surface area contributed by atoms with Gasteiger partial charge in [-0.05, 0) is 19.1 Å². The predicted octanol–water partition coefficient (Wildman–Crippen LogP) is 1.79. The molecule has 0 saturated carbocycles. The van der Waals surface area contributed by atoms with E-state index >= 15 is 0 Å². The second-order valence-corrected chi connectivity index (χ2v) is 4.63. The highest BCUT2D eigenvalue weighted by Crippen LogP contribution is 2.19. The van der Waals surface area contributed by atoms with Gasteiger partial charge >= 0.3 is 0 Å². The van der Waals surface area contributed by atoms with Crippen LogP contribution in [0.25, 0.3) is 0 Å². The molecule has 0 aliphatic rings. The number of carbonyl (C=O) groups is 1. The minimum absolute atomic E-state index is 0.113. The first-order valence-electron chi connectivity index (χ1n) is 6.87. The molecule has 0 fully saturated rings. The summed E-state index contributed by atoms with van der Waals surface area (Å²) in [5.41, 5.74) is 0.204. The van der Waals surface area contributed by atoms with Crippen molar-refractivity contribution in [2.75, 3.05) is 11.9 Å². The summed E-state index contributed by atoms with van der Waals surface area (Å²) >= 11 is 0. The van der Waals surface area contributed by atoms with E-state index in [4.69, 9.17) is 4.74 Å². The summed E-state index contributed by atoms with van der Waals surface area (Å²) in [4.78, 5) is 33.4. The van der Waals surface area contributed by atoms with E-state index in [0.717, 1.165) is 0 Å². The molecule has 1 N–H and O–H groups in total. The Hall–Kier alpha value is -3.16. The van der Waals surface area contributed by atoms with Crippen molar-refractivity contribution in [2.24, 2.45) is 0 Å². The molecule has 0 aliphatic heterocycles. The minimum Gasteiger partial charge on any atom is -0.484 e. The summed E-state index contributed by atoms with van der Waals surface area (Å²) in [6.45, 7) is 2.01. The molecule has 0 spiro atoms. The number of hydrogen-bond donors (Lipinski definition) is 1. The number of amides is 1. The van der Waals surface area contributed by atoms with E-state index in [0.29, 0.717) is 12.2 Å². The Labute approximate surface area is 131 Å². The average Bonchev–Trinajstić information content (AvgIpc) is 2.55. The van der Waals surface area contributed by atoms with Crippen LogP contribution in [0, 0.1) is 10.1 Å². The standard InChI is InChI=1S/C15H15N3O5/c1-2-17-9-11(6-7-15(17)20)16-14(19)10-23-13-5-3-4-12(8-13)18(21)22/h3-9H,2,10H2,1H3,(H,16,19). The van der Waals surface area contributed by atoms with E-state index in [-0.39, 0.29) is 23.6 Å². The maximum atomic E-state index is 11.8. The Balaban J connectivity index is 1.96. The van der Waals surface area contributed by atoms with E-state index < -0.39 is 10.8 Å². The van der Waals surface area contributed by atoms with Gasteiger partial charge in [0.15, 0.2) is 6.61 Å². The molecular weight excluding hydrogens is 302 g/mol. The van der Waals surface area contributed by atoms with Gasteiger partial charge in [0.25, 0.3) is 17.2 Å². The number of nitro benzene ring substituents is 1. The normalized spacial score (nSPS) is 10.1. The molecule has 0 atom stereocenters. The van der Waals surface area contributed by atoms with Crippen molar-refractivity contribution in [1.82, 2.24) is 4.57 Å². The lowest BCUT2D eigenvalue weighted by Crippen LogP contribution is -2.23. The lowest BCUT2D eigenvalue weighted by molar-refractivity contribution is -0.384. The number of aromatic nitrogens is 1. The van der Waals surface area contributed by atoms with Crippen LogP contribution in [0.2, 0.25) is 0 Å². The lowest BCUT2D eigenvalue weighted by Gasteiger charge is -2.09. The Bertz CT molecular complexity index is 785. The largest absolute Gasteiger partial charge is 0.484 e. The molecule has 23 heavy (non-hydrogen) atoms. The summed E-state index contributed by atoms with van der Waals surface area (Å²) in [5, 5.41) is 13.3. The van der Waals surface area contributed by atoms with Gasteiger partial charge in [-0.15, -0.1) is 0 Å². The molecule has 1 aromatic heterocycles. The lowest BCUT2D eigenvalue weighted by atomic mass is 10.3. The number of nitro groups is 1. The molecule has 2 aromatic rings. The van der Waals surface area contributed by atoms with E-state index in [1.165, 1.54) is 47.2 Å². The number of anilines is 1. The molecule has 120 valence electrons. The van der Waals surface area contributed by atoms with Crippen LogP contribution in [0.1, 0.15) is 6.92 Å². The molecule has 8 nitrogen and oxygen atoms in total. The van der Waals surface area contributed by atoms with Gasteiger partial charge in [0.2, 0.25) is 0 Å². The first-order valence-corrected chi connectivity index (χ1v) is 6.87. The van der Waals surface area contributed by atoms with Crippen molar-refractivity contribution < 1.29 is 14.5 Å². The predicted molar refractivity (Wildman–Crippen MR) is 83.6 cm³/mol.